The first-order valence-corrected chi connectivity index (χ1v) is 11.8. The van der Waals surface area contributed by atoms with E-state index in [9.17, 15) is 19.5 Å². The third-order valence-corrected chi connectivity index (χ3v) is 7.02. The summed E-state index contributed by atoms with van der Waals surface area (Å²) in [5, 5.41) is 14.8. The van der Waals surface area contributed by atoms with E-state index >= 15 is 0 Å². The predicted molar refractivity (Wildman–Crippen MR) is 131 cm³/mol. The highest BCUT2D eigenvalue weighted by molar-refractivity contribution is 5.84. The average molecular weight is 467 g/mol. The Morgan fingerprint density at radius 3 is 1.91 bits per heavy atom. The number of carboxylic acids is 1. The average Bonchev–Trinajstić information content (AvgIpc) is 3.16. The second kappa shape index (κ2) is 10.3. The normalized spacial score (nSPS) is 13.1. The summed E-state index contributed by atoms with van der Waals surface area (Å²) in [5.41, 5.74) is 2.65. The molecule has 1 aliphatic rings. The fourth-order valence-corrected chi connectivity index (χ4v) is 4.36. The van der Waals surface area contributed by atoms with Crippen LogP contribution < -0.4 is 10.6 Å². The smallest absolute Gasteiger partial charge is 0.407 e. The summed E-state index contributed by atoms with van der Waals surface area (Å²) < 4.78 is 5.59. The number of nitrogens with one attached hydrogen (secondary N) is 2. The molecule has 2 aromatic rings. The van der Waals surface area contributed by atoms with Crippen LogP contribution in [0.5, 0.6) is 0 Å². The first kappa shape index (κ1) is 25.3. The molecule has 0 fully saturated rings. The molecule has 0 spiro atoms. The van der Waals surface area contributed by atoms with Crippen LogP contribution in [0.15, 0.2) is 48.5 Å². The lowest BCUT2D eigenvalue weighted by atomic mass is 9.80. The van der Waals surface area contributed by atoms with Crippen LogP contribution in [0.2, 0.25) is 0 Å². The Kier molecular flexibility index (Phi) is 7.64. The van der Waals surface area contributed by atoms with Crippen molar-refractivity contribution in [1.82, 2.24) is 10.6 Å². The number of alkyl carbamates (subject to hydrolysis) is 1. The van der Waals surface area contributed by atoms with Crippen molar-refractivity contribution < 1.29 is 24.2 Å². The summed E-state index contributed by atoms with van der Waals surface area (Å²) in [5.74, 6) is -1.30. The maximum absolute atomic E-state index is 13.0. The van der Waals surface area contributed by atoms with Gasteiger partial charge in [0.25, 0.3) is 0 Å². The Hall–Kier alpha value is -3.35. The molecule has 7 heteroatoms. The van der Waals surface area contributed by atoms with Gasteiger partial charge in [-0.1, -0.05) is 62.4 Å². The van der Waals surface area contributed by atoms with Gasteiger partial charge in [-0.25, -0.2) is 4.79 Å². The highest BCUT2D eigenvalue weighted by Gasteiger charge is 2.37. The molecule has 2 amide bonds. The second-order valence-electron chi connectivity index (χ2n) is 9.54. The predicted octanol–water partition coefficient (Wildman–Crippen LogP) is 4.56. The van der Waals surface area contributed by atoms with Gasteiger partial charge in [0.2, 0.25) is 5.91 Å². The van der Waals surface area contributed by atoms with Crippen molar-refractivity contribution in [3.05, 3.63) is 59.7 Å². The van der Waals surface area contributed by atoms with Crippen LogP contribution in [-0.4, -0.2) is 42.8 Å². The van der Waals surface area contributed by atoms with Gasteiger partial charge in [0.05, 0.1) is 10.8 Å². The molecular formula is C27H34N2O5. The molecule has 0 radical (unpaired) electrons. The van der Waals surface area contributed by atoms with Gasteiger partial charge in [-0.3, -0.25) is 9.59 Å². The van der Waals surface area contributed by atoms with E-state index in [1.54, 1.807) is 13.8 Å². The molecular weight excluding hydrogens is 432 g/mol. The van der Waals surface area contributed by atoms with Crippen LogP contribution in [0.4, 0.5) is 4.79 Å². The van der Waals surface area contributed by atoms with Crippen LogP contribution in [0, 0.1) is 10.8 Å². The molecule has 7 nitrogen and oxygen atoms in total. The summed E-state index contributed by atoms with van der Waals surface area (Å²) in [6.07, 6.45) is 0.408. The quantitative estimate of drug-likeness (QED) is 0.476. The number of amides is 2. The summed E-state index contributed by atoms with van der Waals surface area (Å²) in [6, 6.07) is 16.3. The molecule has 2 aromatic carbocycles. The molecule has 0 aliphatic heterocycles. The maximum atomic E-state index is 13.0. The van der Waals surface area contributed by atoms with Crippen LogP contribution >= 0.6 is 0 Å². The minimum absolute atomic E-state index is 0.00780. The topological polar surface area (TPSA) is 105 Å². The van der Waals surface area contributed by atoms with E-state index in [1.807, 2.05) is 38.1 Å². The van der Waals surface area contributed by atoms with Crippen LogP contribution in [0.1, 0.15) is 57.6 Å². The van der Waals surface area contributed by atoms with Crippen molar-refractivity contribution in [2.75, 3.05) is 19.7 Å². The number of carbonyl (C=O) groups is 3. The zero-order valence-electron chi connectivity index (χ0n) is 20.3. The molecule has 182 valence electrons. The zero-order chi connectivity index (χ0) is 24.9. The van der Waals surface area contributed by atoms with Gasteiger partial charge in [0, 0.05) is 19.0 Å². The highest BCUT2D eigenvalue weighted by Crippen LogP contribution is 2.44. The lowest BCUT2D eigenvalue weighted by molar-refractivity contribution is -0.147. The van der Waals surface area contributed by atoms with Crippen LogP contribution in [-0.2, 0) is 14.3 Å². The summed E-state index contributed by atoms with van der Waals surface area (Å²) in [6.45, 7) is 7.19. The number of carboxylic acid groups (broad SMARTS) is 1. The standard InChI is InChI=1S/C27H34N2O5/c1-5-27(6-2,23(30)28-16-26(3,4)24(31)32)17-29-25(33)34-15-22-20-13-9-7-11-18(20)19-12-8-10-14-21(19)22/h7-14,22H,5-6,15-17H2,1-4H3,(H,28,30)(H,29,33)(H,31,32). The van der Waals surface area contributed by atoms with Crippen LogP contribution in [0.3, 0.4) is 0 Å². The highest BCUT2D eigenvalue weighted by atomic mass is 16.5. The molecule has 0 heterocycles. The molecule has 3 N–H and O–H groups in total. The molecule has 0 aromatic heterocycles. The second-order valence-corrected chi connectivity index (χ2v) is 9.54. The maximum Gasteiger partial charge on any atom is 0.407 e. The molecule has 0 saturated heterocycles. The van der Waals surface area contributed by atoms with Gasteiger partial charge in [0.1, 0.15) is 6.61 Å². The number of fused-ring (bicyclic) bond motifs is 3. The molecule has 0 bridgehead atoms. The van der Waals surface area contributed by atoms with E-state index in [1.165, 1.54) is 0 Å². The lowest BCUT2D eigenvalue weighted by Crippen LogP contribution is -2.50. The van der Waals surface area contributed by atoms with Crippen molar-refractivity contribution in [2.24, 2.45) is 10.8 Å². The van der Waals surface area contributed by atoms with Crippen molar-refractivity contribution in [2.45, 2.75) is 46.5 Å². The SMILES string of the molecule is CCC(CC)(CNC(=O)OCC1c2ccccc2-c2ccccc21)C(=O)NCC(C)(C)C(=O)O. The minimum Gasteiger partial charge on any atom is -0.481 e. The summed E-state index contributed by atoms with van der Waals surface area (Å²) in [4.78, 5) is 36.9. The van der Waals surface area contributed by atoms with E-state index in [2.05, 4.69) is 34.9 Å². The van der Waals surface area contributed by atoms with Crippen molar-refractivity contribution >= 4 is 18.0 Å². The number of ether oxygens (including phenoxy) is 1. The van der Waals surface area contributed by atoms with Gasteiger partial charge in [-0.05, 0) is 48.9 Å². The van der Waals surface area contributed by atoms with Gasteiger partial charge < -0.3 is 20.5 Å². The number of hydrogen-bond donors (Lipinski definition) is 3. The van der Waals surface area contributed by atoms with E-state index < -0.39 is 22.9 Å². The first-order valence-electron chi connectivity index (χ1n) is 11.8. The number of rotatable bonds is 10. The third kappa shape index (κ3) is 5.08. The molecule has 0 atom stereocenters. The van der Waals surface area contributed by atoms with E-state index in [0.717, 1.165) is 22.3 Å². The number of aliphatic carboxylic acids is 1. The van der Waals surface area contributed by atoms with Gasteiger partial charge in [-0.15, -0.1) is 0 Å². The molecule has 34 heavy (non-hydrogen) atoms. The summed E-state index contributed by atoms with van der Waals surface area (Å²) in [7, 11) is 0. The number of benzene rings is 2. The number of hydrogen-bond acceptors (Lipinski definition) is 4. The monoisotopic (exact) mass is 466 g/mol. The Labute approximate surface area is 200 Å². The zero-order valence-corrected chi connectivity index (χ0v) is 20.3. The lowest BCUT2D eigenvalue weighted by Gasteiger charge is -2.32. The fraction of sp³-hybridized carbons (Fsp3) is 0.444. The minimum atomic E-state index is -1.08. The number of carbonyl (C=O) groups excluding carboxylic acids is 2. The molecule has 0 saturated carbocycles. The molecule has 1 aliphatic carbocycles. The largest absolute Gasteiger partial charge is 0.481 e. The van der Waals surface area contributed by atoms with E-state index in [0.29, 0.717) is 12.8 Å². The van der Waals surface area contributed by atoms with Crippen molar-refractivity contribution in [3.8, 4) is 11.1 Å². The fourth-order valence-electron chi connectivity index (χ4n) is 4.36. The molecule has 0 unspecified atom stereocenters. The van der Waals surface area contributed by atoms with Gasteiger partial charge in [0.15, 0.2) is 0 Å². The Morgan fingerprint density at radius 2 is 1.41 bits per heavy atom. The van der Waals surface area contributed by atoms with Crippen molar-refractivity contribution in [3.63, 3.8) is 0 Å². The van der Waals surface area contributed by atoms with E-state index in [4.69, 9.17) is 4.74 Å². The van der Waals surface area contributed by atoms with Crippen molar-refractivity contribution in [1.29, 1.82) is 0 Å². The van der Waals surface area contributed by atoms with Crippen LogP contribution in [0.25, 0.3) is 11.1 Å². The third-order valence-electron chi connectivity index (χ3n) is 7.02. The van der Waals surface area contributed by atoms with Gasteiger partial charge >= 0.3 is 12.1 Å². The Morgan fingerprint density at radius 1 is 0.882 bits per heavy atom. The Balaban J connectivity index is 1.61. The van der Waals surface area contributed by atoms with Gasteiger partial charge in [-0.2, -0.15) is 0 Å². The first-order chi connectivity index (χ1) is 16.1. The summed E-state index contributed by atoms with van der Waals surface area (Å²) >= 11 is 0. The molecule has 3 rings (SSSR count). The van der Waals surface area contributed by atoms with E-state index in [-0.39, 0.29) is 31.5 Å². The Bertz CT molecular complexity index is 1010.